The Morgan fingerprint density at radius 2 is 2.16 bits per heavy atom. The van der Waals surface area contributed by atoms with Gasteiger partial charge in [-0.1, -0.05) is 6.07 Å². The number of amides is 1. The molecule has 0 saturated carbocycles. The van der Waals surface area contributed by atoms with Crippen molar-refractivity contribution in [2.24, 2.45) is 0 Å². The van der Waals surface area contributed by atoms with Gasteiger partial charge in [-0.3, -0.25) is 9.88 Å². The van der Waals surface area contributed by atoms with Gasteiger partial charge in [0.25, 0.3) is 5.89 Å². The smallest absolute Gasteiger partial charge is 0.414 e. The minimum absolute atomic E-state index is 0.0125. The first-order valence-corrected chi connectivity index (χ1v) is 9.44. The summed E-state index contributed by atoms with van der Waals surface area (Å²) >= 11 is 0. The third kappa shape index (κ3) is 4.36. The number of nitrogens with zero attached hydrogens (tertiary/aromatic N) is 4. The molecule has 4 rings (SSSR count). The van der Waals surface area contributed by atoms with Gasteiger partial charge >= 0.3 is 12.1 Å². The lowest BCUT2D eigenvalue weighted by atomic mass is 10.1. The van der Waals surface area contributed by atoms with Crippen LogP contribution in [0.5, 0.6) is 0 Å². The van der Waals surface area contributed by atoms with Crippen LogP contribution in [0.1, 0.15) is 5.89 Å². The highest BCUT2D eigenvalue weighted by Gasteiger charge is 2.33. The summed E-state index contributed by atoms with van der Waals surface area (Å²) in [5, 5.41) is 7.65. The molecule has 3 heterocycles. The zero-order valence-electron chi connectivity index (χ0n) is 16.6. The molecule has 1 unspecified atom stereocenters. The molecule has 11 heteroatoms. The van der Waals surface area contributed by atoms with Crippen LogP contribution in [0.15, 0.2) is 40.9 Å². The van der Waals surface area contributed by atoms with Crippen LogP contribution in [-0.2, 0) is 14.3 Å². The molecule has 1 aliphatic rings. The van der Waals surface area contributed by atoms with E-state index in [9.17, 15) is 14.0 Å². The van der Waals surface area contributed by atoms with Crippen molar-refractivity contribution in [2.75, 3.05) is 24.6 Å². The number of carbonyl (C=O) groups excluding carboxylic acids is 2. The van der Waals surface area contributed by atoms with Crippen LogP contribution in [0.3, 0.4) is 0 Å². The van der Waals surface area contributed by atoms with E-state index in [4.69, 9.17) is 13.9 Å². The number of hydrogen-bond acceptors (Lipinski definition) is 8. The molecule has 31 heavy (non-hydrogen) atoms. The van der Waals surface area contributed by atoms with Crippen molar-refractivity contribution in [3.8, 4) is 22.7 Å². The average molecular weight is 428 g/mol. The molecule has 1 fully saturated rings. The Hall–Kier alpha value is -3.86. The van der Waals surface area contributed by atoms with Gasteiger partial charge in [0.05, 0.1) is 12.2 Å². The van der Waals surface area contributed by atoms with Crippen LogP contribution < -0.4 is 10.6 Å². The maximum Gasteiger partial charge on any atom is 0.414 e. The maximum atomic E-state index is 14.8. The van der Waals surface area contributed by atoms with Crippen LogP contribution in [0, 0.1) is 12.7 Å². The zero-order chi connectivity index (χ0) is 22.0. The summed E-state index contributed by atoms with van der Waals surface area (Å²) in [5.41, 5.74) is 5.10. The predicted molar refractivity (Wildman–Crippen MR) is 104 cm³/mol. The number of aromatic nitrogens is 3. The molecule has 160 valence electrons. The lowest BCUT2D eigenvalue weighted by Gasteiger charge is -2.14. The topological polar surface area (TPSA) is 135 Å². The summed E-state index contributed by atoms with van der Waals surface area (Å²) in [4.78, 5) is 28.9. The molecule has 0 aliphatic carbocycles. The Kier molecular flexibility index (Phi) is 5.58. The number of carbonyl (C=O) groups is 2. The van der Waals surface area contributed by atoms with Crippen molar-refractivity contribution >= 4 is 17.7 Å². The number of anilines is 1. The monoisotopic (exact) mass is 428 g/mol. The van der Waals surface area contributed by atoms with Crippen LogP contribution in [0.25, 0.3) is 22.7 Å². The van der Waals surface area contributed by atoms with Gasteiger partial charge in [-0.2, -0.15) is 0 Å². The maximum absolute atomic E-state index is 14.8. The van der Waals surface area contributed by atoms with Crippen molar-refractivity contribution in [3.63, 3.8) is 0 Å². The first kappa shape index (κ1) is 20.4. The number of benzene rings is 1. The highest BCUT2D eigenvalue weighted by Crippen LogP contribution is 2.29. The molecule has 0 bridgehead atoms. The quantitative estimate of drug-likeness (QED) is 0.582. The van der Waals surface area contributed by atoms with Crippen molar-refractivity contribution in [1.82, 2.24) is 15.2 Å². The van der Waals surface area contributed by atoms with Crippen molar-refractivity contribution in [3.05, 3.63) is 48.2 Å². The third-order valence-electron chi connectivity index (χ3n) is 4.59. The molecule has 2 aromatic heterocycles. The van der Waals surface area contributed by atoms with Gasteiger partial charge in [-0.05, 0) is 24.3 Å². The molecular weight excluding hydrogens is 409 g/mol. The molecular formula is C20H19FN5O5+. The van der Waals surface area contributed by atoms with Gasteiger partial charge in [-0.25, -0.2) is 14.0 Å². The summed E-state index contributed by atoms with van der Waals surface area (Å²) in [6.45, 7) is 1.73. The minimum Gasteiger partial charge on any atom is -0.458 e. The zero-order valence-corrected chi connectivity index (χ0v) is 16.6. The summed E-state index contributed by atoms with van der Waals surface area (Å²) in [6.07, 6.45) is 0.240. The number of halogens is 1. The standard InChI is InChI=1S/C20H18FN5O5/c1-11-24-25-19(30-11)17-5-2-12(8-23-17)15-4-3-13(6-16(15)21)26-9-14(31-20(26)28)10-29-18(27)7-22/h2-6,8,14H,7,9-10,22H2,1H3/p+1. The van der Waals surface area contributed by atoms with Gasteiger partial charge in [0.2, 0.25) is 5.89 Å². The third-order valence-corrected chi connectivity index (χ3v) is 4.59. The Morgan fingerprint density at radius 1 is 1.32 bits per heavy atom. The summed E-state index contributed by atoms with van der Waals surface area (Å²) < 4.78 is 30.3. The number of rotatable bonds is 6. The number of aryl methyl sites for hydroxylation is 1. The lowest BCUT2D eigenvalue weighted by Crippen LogP contribution is -2.54. The Balaban J connectivity index is 1.48. The van der Waals surface area contributed by atoms with E-state index < -0.39 is 24.0 Å². The molecule has 3 aromatic rings. The van der Waals surface area contributed by atoms with Crippen molar-refractivity contribution in [2.45, 2.75) is 13.0 Å². The SMILES string of the molecule is Cc1nnc(-c2ccc(-c3ccc(N4CC(COC(=O)C[NH3+])OC4=O)cc3F)cn2)o1. The van der Waals surface area contributed by atoms with Gasteiger partial charge in [0.15, 0.2) is 12.6 Å². The fraction of sp³-hybridized carbons (Fsp3) is 0.250. The van der Waals surface area contributed by atoms with E-state index >= 15 is 0 Å². The fourth-order valence-corrected chi connectivity index (χ4v) is 3.06. The molecule has 0 radical (unpaired) electrons. The number of esters is 1. The largest absolute Gasteiger partial charge is 0.458 e. The molecule has 0 spiro atoms. The van der Waals surface area contributed by atoms with Gasteiger partial charge in [0, 0.05) is 24.2 Å². The van der Waals surface area contributed by atoms with E-state index in [0.717, 1.165) is 0 Å². The highest BCUT2D eigenvalue weighted by molar-refractivity contribution is 5.90. The van der Waals surface area contributed by atoms with E-state index in [1.165, 1.54) is 17.2 Å². The van der Waals surface area contributed by atoms with Crippen molar-refractivity contribution in [1.29, 1.82) is 0 Å². The number of cyclic esters (lactones) is 1. The summed E-state index contributed by atoms with van der Waals surface area (Å²) in [6, 6.07) is 7.76. The molecule has 3 N–H and O–H groups in total. The van der Waals surface area contributed by atoms with Crippen LogP contribution in [-0.4, -0.2) is 53.0 Å². The van der Waals surface area contributed by atoms with Crippen LogP contribution in [0.4, 0.5) is 14.9 Å². The molecule has 1 saturated heterocycles. The second kappa shape index (κ2) is 8.48. The van der Waals surface area contributed by atoms with E-state index in [0.29, 0.717) is 28.4 Å². The summed E-state index contributed by atoms with van der Waals surface area (Å²) in [7, 11) is 0. The number of quaternary nitrogens is 1. The normalized spacial score (nSPS) is 15.8. The lowest BCUT2D eigenvalue weighted by molar-refractivity contribution is -0.359. The van der Waals surface area contributed by atoms with E-state index in [1.54, 1.807) is 31.2 Å². The second-order valence-electron chi connectivity index (χ2n) is 6.77. The van der Waals surface area contributed by atoms with Gasteiger partial charge in [0.1, 0.15) is 18.1 Å². The molecule has 1 atom stereocenters. The van der Waals surface area contributed by atoms with Crippen LogP contribution >= 0.6 is 0 Å². The second-order valence-corrected chi connectivity index (χ2v) is 6.77. The summed E-state index contributed by atoms with van der Waals surface area (Å²) in [5.74, 6) is -0.312. The first-order valence-electron chi connectivity index (χ1n) is 9.44. The van der Waals surface area contributed by atoms with Crippen LogP contribution in [0.2, 0.25) is 0 Å². The molecule has 10 nitrogen and oxygen atoms in total. The Bertz CT molecular complexity index is 1120. The van der Waals surface area contributed by atoms with Gasteiger partial charge in [-0.15, -0.1) is 10.2 Å². The average Bonchev–Trinajstić information content (AvgIpc) is 3.37. The number of hydrogen-bond donors (Lipinski definition) is 1. The molecule has 1 aliphatic heterocycles. The first-order chi connectivity index (χ1) is 14.9. The Labute approximate surface area is 175 Å². The van der Waals surface area contributed by atoms with E-state index in [2.05, 4.69) is 20.9 Å². The molecule has 1 amide bonds. The van der Waals surface area contributed by atoms with E-state index in [-0.39, 0.29) is 25.6 Å². The predicted octanol–water partition coefficient (Wildman–Crippen LogP) is 1.36. The Morgan fingerprint density at radius 3 is 2.81 bits per heavy atom. The molecule has 1 aromatic carbocycles. The number of ether oxygens (including phenoxy) is 2. The van der Waals surface area contributed by atoms with Gasteiger partial charge < -0.3 is 19.6 Å². The van der Waals surface area contributed by atoms with Crippen molar-refractivity contribution < 1.29 is 33.6 Å². The fourth-order valence-electron chi connectivity index (χ4n) is 3.06. The number of pyridine rings is 1. The minimum atomic E-state index is -0.635. The highest BCUT2D eigenvalue weighted by atomic mass is 19.1. The van der Waals surface area contributed by atoms with E-state index in [1.807, 2.05) is 0 Å².